The standard InChI is InChI=1S/C12H19N5S/c1-4-10-5-6-11(18-10)8-17-12(14-15-16-17)7-13-9(2)3/h5-6,9,13H,4,7-8H2,1-3H3. The molecule has 2 heterocycles. The average molecular weight is 265 g/mol. The summed E-state index contributed by atoms with van der Waals surface area (Å²) in [6, 6.07) is 4.77. The molecule has 0 radical (unpaired) electrons. The van der Waals surface area contributed by atoms with E-state index in [4.69, 9.17) is 0 Å². The average Bonchev–Trinajstić information content (AvgIpc) is 2.96. The molecule has 0 aliphatic rings. The van der Waals surface area contributed by atoms with Crippen LogP contribution in [0.4, 0.5) is 0 Å². The Kier molecular flexibility index (Phi) is 4.43. The number of aryl methyl sites for hydroxylation is 1. The van der Waals surface area contributed by atoms with Crippen molar-refractivity contribution in [2.24, 2.45) is 0 Å². The van der Waals surface area contributed by atoms with Crippen LogP contribution in [0.15, 0.2) is 12.1 Å². The minimum Gasteiger partial charge on any atom is -0.308 e. The van der Waals surface area contributed by atoms with Gasteiger partial charge in [0, 0.05) is 15.8 Å². The van der Waals surface area contributed by atoms with Gasteiger partial charge in [-0.1, -0.05) is 20.8 Å². The highest BCUT2D eigenvalue weighted by atomic mass is 32.1. The van der Waals surface area contributed by atoms with Gasteiger partial charge in [-0.05, 0) is 29.0 Å². The Morgan fingerprint density at radius 3 is 2.78 bits per heavy atom. The van der Waals surface area contributed by atoms with Gasteiger partial charge in [-0.25, -0.2) is 4.68 Å². The number of tetrazole rings is 1. The zero-order valence-corrected chi connectivity index (χ0v) is 11.9. The molecule has 5 nitrogen and oxygen atoms in total. The van der Waals surface area contributed by atoms with Gasteiger partial charge in [0.1, 0.15) is 0 Å². The van der Waals surface area contributed by atoms with E-state index in [0.29, 0.717) is 12.6 Å². The fraction of sp³-hybridized carbons (Fsp3) is 0.583. The van der Waals surface area contributed by atoms with Crippen LogP contribution in [0.3, 0.4) is 0 Å². The lowest BCUT2D eigenvalue weighted by Crippen LogP contribution is -2.24. The number of nitrogens with one attached hydrogen (secondary N) is 1. The molecule has 0 aliphatic carbocycles. The SMILES string of the molecule is CCc1ccc(Cn2nnnc2CNC(C)C)s1. The molecule has 0 unspecified atom stereocenters. The Labute approximate surface area is 111 Å². The second-order valence-corrected chi connectivity index (χ2v) is 5.76. The molecule has 0 atom stereocenters. The van der Waals surface area contributed by atoms with Gasteiger partial charge in [-0.3, -0.25) is 0 Å². The molecule has 2 rings (SSSR count). The first kappa shape index (κ1) is 13.2. The third-order valence-corrected chi connectivity index (χ3v) is 3.86. The van der Waals surface area contributed by atoms with Crippen LogP contribution in [-0.4, -0.2) is 26.2 Å². The van der Waals surface area contributed by atoms with E-state index in [1.165, 1.54) is 9.75 Å². The fourth-order valence-corrected chi connectivity index (χ4v) is 2.55. The van der Waals surface area contributed by atoms with Crippen molar-refractivity contribution >= 4 is 11.3 Å². The van der Waals surface area contributed by atoms with Crippen molar-refractivity contribution in [3.05, 3.63) is 27.7 Å². The first-order valence-electron chi connectivity index (χ1n) is 6.25. The second-order valence-electron chi connectivity index (χ2n) is 4.51. The molecule has 0 fully saturated rings. The summed E-state index contributed by atoms with van der Waals surface area (Å²) in [6.45, 7) is 7.86. The lowest BCUT2D eigenvalue weighted by molar-refractivity contribution is 0.539. The molecule has 18 heavy (non-hydrogen) atoms. The van der Waals surface area contributed by atoms with Gasteiger partial charge in [-0.15, -0.1) is 16.4 Å². The van der Waals surface area contributed by atoms with Gasteiger partial charge in [0.25, 0.3) is 0 Å². The van der Waals surface area contributed by atoms with Crippen molar-refractivity contribution in [2.45, 2.75) is 46.3 Å². The van der Waals surface area contributed by atoms with E-state index in [1.807, 2.05) is 16.0 Å². The van der Waals surface area contributed by atoms with Crippen LogP contribution in [0.1, 0.15) is 36.3 Å². The van der Waals surface area contributed by atoms with E-state index in [0.717, 1.165) is 18.8 Å². The summed E-state index contributed by atoms with van der Waals surface area (Å²) >= 11 is 1.83. The van der Waals surface area contributed by atoms with Gasteiger partial charge >= 0.3 is 0 Å². The summed E-state index contributed by atoms with van der Waals surface area (Å²) in [7, 11) is 0. The molecule has 6 heteroatoms. The van der Waals surface area contributed by atoms with Gasteiger partial charge < -0.3 is 5.32 Å². The quantitative estimate of drug-likeness (QED) is 0.866. The Morgan fingerprint density at radius 2 is 2.11 bits per heavy atom. The fourth-order valence-electron chi connectivity index (χ4n) is 1.61. The van der Waals surface area contributed by atoms with Crippen LogP contribution < -0.4 is 5.32 Å². The topological polar surface area (TPSA) is 55.6 Å². The van der Waals surface area contributed by atoms with Crippen LogP contribution in [0, 0.1) is 0 Å². The smallest absolute Gasteiger partial charge is 0.165 e. The number of aromatic nitrogens is 4. The highest BCUT2D eigenvalue weighted by molar-refractivity contribution is 7.11. The van der Waals surface area contributed by atoms with Crippen LogP contribution in [-0.2, 0) is 19.5 Å². The second kappa shape index (κ2) is 6.06. The summed E-state index contributed by atoms with van der Waals surface area (Å²) in [5.41, 5.74) is 0. The molecule has 0 saturated carbocycles. The Morgan fingerprint density at radius 1 is 1.33 bits per heavy atom. The molecule has 1 N–H and O–H groups in total. The zero-order valence-electron chi connectivity index (χ0n) is 11.1. The largest absolute Gasteiger partial charge is 0.308 e. The number of nitrogens with zero attached hydrogens (tertiary/aromatic N) is 4. The van der Waals surface area contributed by atoms with E-state index < -0.39 is 0 Å². The third-order valence-electron chi connectivity index (χ3n) is 2.65. The predicted molar refractivity (Wildman–Crippen MR) is 72.6 cm³/mol. The van der Waals surface area contributed by atoms with E-state index in [9.17, 15) is 0 Å². The summed E-state index contributed by atoms with van der Waals surface area (Å²) in [5, 5.41) is 15.2. The van der Waals surface area contributed by atoms with E-state index in [-0.39, 0.29) is 0 Å². The highest BCUT2D eigenvalue weighted by Gasteiger charge is 2.08. The maximum Gasteiger partial charge on any atom is 0.165 e. The minimum atomic E-state index is 0.434. The summed E-state index contributed by atoms with van der Waals surface area (Å²) in [6.07, 6.45) is 1.09. The summed E-state index contributed by atoms with van der Waals surface area (Å²) in [5.74, 6) is 0.884. The first-order valence-corrected chi connectivity index (χ1v) is 7.06. The normalized spacial score (nSPS) is 11.3. The van der Waals surface area contributed by atoms with E-state index in [2.05, 4.69) is 53.7 Å². The number of hydrogen-bond acceptors (Lipinski definition) is 5. The van der Waals surface area contributed by atoms with Gasteiger partial charge in [0.05, 0.1) is 13.1 Å². The predicted octanol–water partition coefficient (Wildman–Crippen LogP) is 1.84. The Hall–Kier alpha value is -1.27. The molecular formula is C12H19N5S. The minimum absolute atomic E-state index is 0.434. The van der Waals surface area contributed by atoms with Gasteiger partial charge in [-0.2, -0.15) is 0 Å². The molecule has 0 spiro atoms. The van der Waals surface area contributed by atoms with Crippen LogP contribution in [0.2, 0.25) is 0 Å². The van der Waals surface area contributed by atoms with Crippen molar-refractivity contribution in [1.29, 1.82) is 0 Å². The molecule has 2 aromatic rings. The molecule has 0 aromatic carbocycles. The van der Waals surface area contributed by atoms with Gasteiger partial charge in [0.15, 0.2) is 5.82 Å². The van der Waals surface area contributed by atoms with Crippen molar-refractivity contribution in [3.63, 3.8) is 0 Å². The van der Waals surface area contributed by atoms with Crippen molar-refractivity contribution in [3.8, 4) is 0 Å². The lowest BCUT2D eigenvalue weighted by Gasteiger charge is -2.07. The molecule has 2 aromatic heterocycles. The summed E-state index contributed by atoms with van der Waals surface area (Å²) < 4.78 is 1.86. The highest BCUT2D eigenvalue weighted by Crippen LogP contribution is 2.17. The number of hydrogen-bond donors (Lipinski definition) is 1. The molecule has 98 valence electrons. The van der Waals surface area contributed by atoms with Gasteiger partial charge in [0.2, 0.25) is 0 Å². The first-order chi connectivity index (χ1) is 8.69. The molecule has 0 amide bonds. The molecule has 0 saturated heterocycles. The van der Waals surface area contributed by atoms with Crippen LogP contribution in [0.5, 0.6) is 0 Å². The molecule has 0 aliphatic heterocycles. The lowest BCUT2D eigenvalue weighted by atomic mass is 10.3. The van der Waals surface area contributed by atoms with Crippen molar-refractivity contribution < 1.29 is 0 Å². The third kappa shape index (κ3) is 3.36. The van der Waals surface area contributed by atoms with Crippen molar-refractivity contribution in [2.75, 3.05) is 0 Å². The Balaban J connectivity index is 2.02. The van der Waals surface area contributed by atoms with E-state index in [1.54, 1.807) is 0 Å². The molecule has 0 bridgehead atoms. The van der Waals surface area contributed by atoms with Crippen molar-refractivity contribution in [1.82, 2.24) is 25.5 Å². The maximum absolute atomic E-state index is 4.06. The molecular weight excluding hydrogens is 246 g/mol. The number of rotatable bonds is 6. The van der Waals surface area contributed by atoms with Crippen LogP contribution in [0.25, 0.3) is 0 Å². The summed E-state index contributed by atoms with van der Waals surface area (Å²) in [4.78, 5) is 2.70. The monoisotopic (exact) mass is 265 g/mol. The maximum atomic E-state index is 4.06. The Bertz CT molecular complexity index is 488. The number of thiophene rings is 1. The zero-order chi connectivity index (χ0) is 13.0. The van der Waals surface area contributed by atoms with Crippen LogP contribution >= 0.6 is 11.3 Å². The van der Waals surface area contributed by atoms with E-state index >= 15 is 0 Å².